The molecule has 1 aromatic heterocycles. The first-order valence-corrected chi connectivity index (χ1v) is 6.43. The van der Waals surface area contributed by atoms with E-state index in [1.807, 2.05) is 6.92 Å². The summed E-state index contributed by atoms with van der Waals surface area (Å²) in [6.07, 6.45) is 6.27. The van der Waals surface area contributed by atoms with Crippen LogP contribution in [-0.4, -0.2) is 27.4 Å². The Morgan fingerprint density at radius 3 is 2.94 bits per heavy atom. The number of nitrogens with zero attached hydrogens (tertiary/aromatic N) is 3. The highest BCUT2D eigenvalue weighted by Crippen LogP contribution is 2.13. The van der Waals surface area contributed by atoms with E-state index in [1.165, 1.54) is 32.2 Å². The molecule has 1 aliphatic heterocycles. The standard InChI is InChI=1S/C12H22N4/c1-3-16-10(2)14-15-12(16)8-7-11-6-4-5-9-13-11/h11,13H,3-9H2,1-2H3. The molecule has 1 aliphatic rings. The summed E-state index contributed by atoms with van der Waals surface area (Å²) in [6.45, 7) is 6.34. The monoisotopic (exact) mass is 222 g/mol. The van der Waals surface area contributed by atoms with Gasteiger partial charge in [0.1, 0.15) is 11.6 Å². The highest BCUT2D eigenvalue weighted by Gasteiger charge is 2.14. The van der Waals surface area contributed by atoms with Crippen molar-refractivity contribution in [3.8, 4) is 0 Å². The van der Waals surface area contributed by atoms with E-state index >= 15 is 0 Å². The van der Waals surface area contributed by atoms with Gasteiger partial charge in [0.25, 0.3) is 0 Å². The number of hydrogen-bond donors (Lipinski definition) is 1. The fourth-order valence-corrected chi connectivity index (χ4v) is 2.49. The number of piperidine rings is 1. The topological polar surface area (TPSA) is 42.7 Å². The summed E-state index contributed by atoms with van der Waals surface area (Å²) in [4.78, 5) is 0. The summed E-state index contributed by atoms with van der Waals surface area (Å²) < 4.78 is 2.21. The third-order valence-electron chi connectivity index (χ3n) is 3.46. The smallest absolute Gasteiger partial charge is 0.133 e. The van der Waals surface area contributed by atoms with Gasteiger partial charge in [-0.25, -0.2) is 0 Å². The molecule has 1 saturated heterocycles. The fourth-order valence-electron chi connectivity index (χ4n) is 2.49. The number of hydrogen-bond acceptors (Lipinski definition) is 3. The van der Waals surface area contributed by atoms with Crippen LogP contribution in [0.3, 0.4) is 0 Å². The third-order valence-corrected chi connectivity index (χ3v) is 3.46. The Labute approximate surface area is 97.5 Å². The molecule has 1 N–H and O–H groups in total. The molecule has 0 aromatic carbocycles. The summed E-state index contributed by atoms with van der Waals surface area (Å²) in [5, 5.41) is 12.0. The van der Waals surface area contributed by atoms with Crippen molar-refractivity contribution in [2.45, 2.75) is 58.5 Å². The second kappa shape index (κ2) is 5.43. The molecule has 4 heteroatoms. The molecule has 0 saturated carbocycles. The van der Waals surface area contributed by atoms with Gasteiger partial charge in [-0.1, -0.05) is 6.42 Å². The minimum atomic E-state index is 0.691. The van der Waals surface area contributed by atoms with Crippen LogP contribution in [0.1, 0.15) is 44.3 Å². The first-order valence-electron chi connectivity index (χ1n) is 6.43. The summed E-state index contributed by atoms with van der Waals surface area (Å²) >= 11 is 0. The average molecular weight is 222 g/mol. The predicted molar refractivity (Wildman–Crippen MR) is 64.4 cm³/mol. The molecule has 0 radical (unpaired) electrons. The maximum atomic E-state index is 4.26. The van der Waals surface area contributed by atoms with Crippen molar-refractivity contribution >= 4 is 0 Å². The zero-order valence-corrected chi connectivity index (χ0v) is 10.4. The maximum Gasteiger partial charge on any atom is 0.133 e. The van der Waals surface area contributed by atoms with Crippen molar-refractivity contribution in [2.24, 2.45) is 0 Å². The molecule has 0 aliphatic carbocycles. The van der Waals surface area contributed by atoms with Crippen LogP contribution in [0.2, 0.25) is 0 Å². The molecule has 0 amide bonds. The van der Waals surface area contributed by atoms with E-state index in [0.29, 0.717) is 6.04 Å². The van der Waals surface area contributed by atoms with Crippen LogP contribution in [0.5, 0.6) is 0 Å². The molecular formula is C12H22N4. The molecule has 90 valence electrons. The summed E-state index contributed by atoms with van der Waals surface area (Å²) in [5.41, 5.74) is 0. The number of nitrogens with one attached hydrogen (secondary N) is 1. The fraction of sp³-hybridized carbons (Fsp3) is 0.833. The Morgan fingerprint density at radius 2 is 2.25 bits per heavy atom. The lowest BCUT2D eigenvalue weighted by Gasteiger charge is -2.23. The molecule has 0 spiro atoms. The van der Waals surface area contributed by atoms with Crippen LogP contribution in [0.15, 0.2) is 0 Å². The Bertz CT molecular complexity index is 326. The minimum absolute atomic E-state index is 0.691. The SMILES string of the molecule is CCn1c(C)nnc1CCC1CCCCN1. The van der Waals surface area contributed by atoms with Gasteiger partial charge in [-0.3, -0.25) is 0 Å². The molecule has 1 unspecified atom stereocenters. The van der Waals surface area contributed by atoms with E-state index in [0.717, 1.165) is 24.6 Å². The van der Waals surface area contributed by atoms with Gasteiger partial charge < -0.3 is 9.88 Å². The van der Waals surface area contributed by atoms with E-state index < -0.39 is 0 Å². The van der Waals surface area contributed by atoms with Gasteiger partial charge in [-0.05, 0) is 39.7 Å². The molecule has 0 bridgehead atoms. The van der Waals surface area contributed by atoms with Gasteiger partial charge in [0.2, 0.25) is 0 Å². The van der Waals surface area contributed by atoms with Crippen molar-refractivity contribution < 1.29 is 0 Å². The summed E-state index contributed by atoms with van der Waals surface area (Å²) in [6, 6.07) is 0.691. The van der Waals surface area contributed by atoms with E-state index in [1.54, 1.807) is 0 Å². The Kier molecular flexibility index (Phi) is 3.93. The molecule has 1 aromatic rings. The lowest BCUT2D eigenvalue weighted by molar-refractivity contribution is 0.379. The van der Waals surface area contributed by atoms with Crippen LogP contribution in [0.4, 0.5) is 0 Å². The highest BCUT2D eigenvalue weighted by atomic mass is 15.3. The normalized spacial score (nSPS) is 21.2. The van der Waals surface area contributed by atoms with E-state index in [2.05, 4.69) is 27.0 Å². The maximum absolute atomic E-state index is 4.26. The van der Waals surface area contributed by atoms with Crippen molar-refractivity contribution in [2.75, 3.05) is 6.54 Å². The van der Waals surface area contributed by atoms with E-state index in [9.17, 15) is 0 Å². The van der Waals surface area contributed by atoms with E-state index in [4.69, 9.17) is 0 Å². The largest absolute Gasteiger partial charge is 0.316 e. The summed E-state index contributed by atoms with van der Waals surface area (Å²) in [5.74, 6) is 2.18. The number of aromatic nitrogens is 3. The van der Waals surface area contributed by atoms with Gasteiger partial charge >= 0.3 is 0 Å². The number of rotatable bonds is 4. The predicted octanol–water partition coefficient (Wildman–Crippen LogP) is 1.68. The Hall–Kier alpha value is -0.900. The van der Waals surface area contributed by atoms with Crippen LogP contribution < -0.4 is 5.32 Å². The Balaban J connectivity index is 1.88. The molecule has 16 heavy (non-hydrogen) atoms. The molecular weight excluding hydrogens is 200 g/mol. The van der Waals surface area contributed by atoms with Crippen molar-refractivity contribution in [3.63, 3.8) is 0 Å². The van der Waals surface area contributed by atoms with Crippen LogP contribution in [0, 0.1) is 6.92 Å². The second-order valence-electron chi connectivity index (χ2n) is 4.59. The highest BCUT2D eigenvalue weighted by molar-refractivity contribution is 4.94. The summed E-state index contributed by atoms with van der Waals surface area (Å²) in [7, 11) is 0. The van der Waals surface area contributed by atoms with Crippen molar-refractivity contribution in [1.29, 1.82) is 0 Å². The van der Waals surface area contributed by atoms with Gasteiger partial charge in [0, 0.05) is 19.0 Å². The van der Waals surface area contributed by atoms with Crippen LogP contribution >= 0.6 is 0 Å². The molecule has 4 nitrogen and oxygen atoms in total. The first-order chi connectivity index (χ1) is 7.81. The van der Waals surface area contributed by atoms with Gasteiger partial charge in [0.05, 0.1) is 0 Å². The zero-order chi connectivity index (χ0) is 11.4. The van der Waals surface area contributed by atoms with Crippen LogP contribution in [0.25, 0.3) is 0 Å². The lowest BCUT2D eigenvalue weighted by Crippen LogP contribution is -2.34. The van der Waals surface area contributed by atoms with E-state index in [-0.39, 0.29) is 0 Å². The molecule has 2 rings (SSSR count). The second-order valence-corrected chi connectivity index (χ2v) is 4.59. The minimum Gasteiger partial charge on any atom is -0.316 e. The molecule has 1 fully saturated rings. The van der Waals surface area contributed by atoms with Gasteiger partial charge in [-0.2, -0.15) is 0 Å². The van der Waals surface area contributed by atoms with Crippen LogP contribution in [-0.2, 0) is 13.0 Å². The van der Waals surface area contributed by atoms with Gasteiger partial charge in [-0.15, -0.1) is 10.2 Å². The Morgan fingerprint density at radius 1 is 1.38 bits per heavy atom. The average Bonchev–Trinajstić information content (AvgIpc) is 2.68. The third kappa shape index (κ3) is 2.61. The first kappa shape index (κ1) is 11.6. The van der Waals surface area contributed by atoms with Crippen molar-refractivity contribution in [3.05, 3.63) is 11.6 Å². The number of aryl methyl sites for hydroxylation is 2. The van der Waals surface area contributed by atoms with Gasteiger partial charge in [0.15, 0.2) is 0 Å². The molecule has 2 heterocycles. The lowest BCUT2D eigenvalue weighted by atomic mass is 10.0. The zero-order valence-electron chi connectivity index (χ0n) is 10.4. The van der Waals surface area contributed by atoms with Crippen molar-refractivity contribution in [1.82, 2.24) is 20.1 Å². The molecule has 1 atom stereocenters. The quantitative estimate of drug-likeness (QED) is 0.843.